The van der Waals surface area contributed by atoms with Crippen molar-refractivity contribution in [1.82, 2.24) is 9.97 Å². The molecule has 0 amide bonds. The molecule has 0 saturated carbocycles. The second-order valence-electron chi connectivity index (χ2n) is 3.77. The molecule has 0 bridgehead atoms. The SMILES string of the molecule is CCc1nc(NCc2ccccc2)cc(=O)[nH]1. The quantitative estimate of drug-likeness (QED) is 0.842. The van der Waals surface area contributed by atoms with Crippen molar-refractivity contribution in [2.24, 2.45) is 0 Å². The van der Waals surface area contributed by atoms with Gasteiger partial charge in [-0.05, 0) is 5.56 Å². The number of anilines is 1. The normalized spacial score (nSPS) is 10.2. The number of nitrogens with one attached hydrogen (secondary N) is 2. The highest BCUT2D eigenvalue weighted by molar-refractivity contribution is 5.34. The minimum atomic E-state index is -0.118. The zero-order chi connectivity index (χ0) is 12.1. The Balaban J connectivity index is 2.09. The van der Waals surface area contributed by atoms with Crippen LogP contribution in [0.4, 0.5) is 5.82 Å². The third kappa shape index (κ3) is 3.17. The molecule has 1 heterocycles. The smallest absolute Gasteiger partial charge is 0.252 e. The van der Waals surface area contributed by atoms with Gasteiger partial charge in [0, 0.05) is 19.0 Å². The molecule has 0 aliphatic carbocycles. The van der Waals surface area contributed by atoms with Crippen molar-refractivity contribution >= 4 is 5.82 Å². The largest absolute Gasteiger partial charge is 0.366 e. The summed E-state index contributed by atoms with van der Waals surface area (Å²) in [4.78, 5) is 18.3. The second-order valence-corrected chi connectivity index (χ2v) is 3.77. The van der Waals surface area contributed by atoms with Crippen LogP contribution < -0.4 is 10.9 Å². The topological polar surface area (TPSA) is 57.8 Å². The Morgan fingerprint density at radius 1 is 1.29 bits per heavy atom. The van der Waals surface area contributed by atoms with Crippen LogP contribution in [0.3, 0.4) is 0 Å². The van der Waals surface area contributed by atoms with E-state index < -0.39 is 0 Å². The van der Waals surface area contributed by atoms with Crippen molar-refractivity contribution in [3.05, 3.63) is 58.1 Å². The number of rotatable bonds is 4. The average Bonchev–Trinajstić information content (AvgIpc) is 2.37. The fraction of sp³-hybridized carbons (Fsp3) is 0.231. The molecule has 2 N–H and O–H groups in total. The van der Waals surface area contributed by atoms with Crippen LogP contribution in [0.1, 0.15) is 18.3 Å². The fourth-order valence-corrected chi connectivity index (χ4v) is 1.55. The van der Waals surface area contributed by atoms with Crippen LogP contribution in [0, 0.1) is 0 Å². The van der Waals surface area contributed by atoms with Crippen molar-refractivity contribution in [2.45, 2.75) is 19.9 Å². The maximum Gasteiger partial charge on any atom is 0.252 e. The molecule has 4 heteroatoms. The lowest BCUT2D eigenvalue weighted by Crippen LogP contribution is -2.13. The molecule has 2 rings (SSSR count). The molecule has 0 aliphatic rings. The van der Waals surface area contributed by atoms with Gasteiger partial charge in [-0.1, -0.05) is 37.3 Å². The van der Waals surface area contributed by atoms with E-state index in [2.05, 4.69) is 15.3 Å². The number of aryl methyl sites for hydroxylation is 1. The number of H-pyrrole nitrogens is 1. The van der Waals surface area contributed by atoms with Gasteiger partial charge in [0.25, 0.3) is 5.56 Å². The van der Waals surface area contributed by atoms with E-state index in [9.17, 15) is 4.79 Å². The predicted octanol–water partition coefficient (Wildman–Crippen LogP) is 1.94. The van der Waals surface area contributed by atoms with Gasteiger partial charge in [0.2, 0.25) is 0 Å². The highest BCUT2D eigenvalue weighted by Crippen LogP contribution is 2.04. The van der Waals surface area contributed by atoms with Crippen molar-refractivity contribution in [2.75, 3.05) is 5.32 Å². The molecule has 1 aromatic heterocycles. The van der Waals surface area contributed by atoms with E-state index >= 15 is 0 Å². The number of hydrogen-bond donors (Lipinski definition) is 2. The molecular weight excluding hydrogens is 214 g/mol. The molecule has 0 spiro atoms. The summed E-state index contributed by atoms with van der Waals surface area (Å²) in [6.07, 6.45) is 0.718. The van der Waals surface area contributed by atoms with Crippen LogP contribution in [0.15, 0.2) is 41.2 Å². The molecule has 88 valence electrons. The summed E-state index contributed by atoms with van der Waals surface area (Å²) in [6.45, 7) is 2.62. The number of nitrogens with zero attached hydrogens (tertiary/aromatic N) is 1. The van der Waals surface area contributed by atoms with Crippen LogP contribution in [0.5, 0.6) is 0 Å². The van der Waals surface area contributed by atoms with Gasteiger partial charge in [-0.25, -0.2) is 4.98 Å². The maximum atomic E-state index is 11.3. The van der Waals surface area contributed by atoms with Crippen molar-refractivity contribution in [1.29, 1.82) is 0 Å². The summed E-state index contributed by atoms with van der Waals surface area (Å²) in [5.41, 5.74) is 1.04. The van der Waals surface area contributed by atoms with Gasteiger partial charge in [0.1, 0.15) is 11.6 Å². The molecular formula is C13H15N3O. The van der Waals surface area contributed by atoms with Gasteiger partial charge < -0.3 is 10.3 Å². The minimum absolute atomic E-state index is 0.118. The number of aromatic amines is 1. The molecule has 0 unspecified atom stereocenters. The zero-order valence-electron chi connectivity index (χ0n) is 9.73. The highest BCUT2D eigenvalue weighted by Gasteiger charge is 1.99. The third-order valence-electron chi connectivity index (χ3n) is 2.44. The van der Waals surface area contributed by atoms with Crippen LogP contribution >= 0.6 is 0 Å². The Morgan fingerprint density at radius 3 is 2.76 bits per heavy atom. The van der Waals surface area contributed by atoms with E-state index in [1.54, 1.807) is 0 Å². The lowest BCUT2D eigenvalue weighted by Gasteiger charge is -2.06. The third-order valence-corrected chi connectivity index (χ3v) is 2.44. The van der Waals surface area contributed by atoms with Crippen molar-refractivity contribution in [3.63, 3.8) is 0 Å². The monoisotopic (exact) mass is 229 g/mol. The lowest BCUT2D eigenvalue weighted by molar-refractivity contribution is 0.914. The zero-order valence-corrected chi connectivity index (χ0v) is 9.73. The lowest BCUT2D eigenvalue weighted by atomic mass is 10.2. The first-order valence-electron chi connectivity index (χ1n) is 5.66. The van der Waals surface area contributed by atoms with Crippen LogP contribution in [-0.2, 0) is 13.0 Å². The summed E-state index contributed by atoms with van der Waals surface area (Å²) in [5, 5.41) is 3.15. The summed E-state index contributed by atoms with van der Waals surface area (Å²) in [6, 6.07) is 11.5. The molecule has 0 fully saturated rings. The molecule has 0 aliphatic heterocycles. The molecule has 2 aromatic rings. The van der Waals surface area contributed by atoms with Crippen LogP contribution in [0.2, 0.25) is 0 Å². The van der Waals surface area contributed by atoms with Gasteiger partial charge in [-0.15, -0.1) is 0 Å². The van der Waals surface area contributed by atoms with E-state index in [4.69, 9.17) is 0 Å². The molecule has 0 saturated heterocycles. The number of aromatic nitrogens is 2. The van der Waals surface area contributed by atoms with Gasteiger partial charge >= 0.3 is 0 Å². The van der Waals surface area contributed by atoms with Gasteiger partial charge in [-0.2, -0.15) is 0 Å². The minimum Gasteiger partial charge on any atom is -0.366 e. The van der Waals surface area contributed by atoms with E-state index in [1.807, 2.05) is 37.3 Å². The Labute approximate surface area is 99.7 Å². The summed E-state index contributed by atoms with van der Waals surface area (Å²) >= 11 is 0. The second kappa shape index (κ2) is 5.30. The first kappa shape index (κ1) is 11.4. The standard InChI is InChI=1S/C13H15N3O/c1-2-11-15-12(8-13(17)16-11)14-9-10-6-4-3-5-7-10/h3-8H,2,9H2,1H3,(H2,14,15,16,17). The highest BCUT2D eigenvalue weighted by atomic mass is 16.1. The summed E-state index contributed by atoms with van der Waals surface area (Å²) in [5.74, 6) is 1.32. The van der Waals surface area contributed by atoms with Gasteiger partial charge in [0.05, 0.1) is 0 Å². The number of hydrogen-bond acceptors (Lipinski definition) is 3. The van der Waals surface area contributed by atoms with E-state index in [-0.39, 0.29) is 5.56 Å². The number of benzene rings is 1. The van der Waals surface area contributed by atoms with Gasteiger partial charge in [0.15, 0.2) is 0 Å². The maximum absolute atomic E-state index is 11.3. The Morgan fingerprint density at radius 2 is 2.06 bits per heavy atom. The van der Waals surface area contributed by atoms with E-state index in [0.29, 0.717) is 18.2 Å². The first-order valence-corrected chi connectivity index (χ1v) is 5.66. The van der Waals surface area contributed by atoms with Crippen LogP contribution in [-0.4, -0.2) is 9.97 Å². The Bertz CT molecular complexity index is 534. The fourth-order valence-electron chi connectivity index (χ4n) is 1.55. The van der Waals surface area contributed by atoms with Gasteiger partial charge in [-0.3, -0.25) is 4.79 Å². The predicted molar refractivity (Wildman–Crippen MR) is 68.0 cm³/mol. The van der Waals surface area contributed by atoms with Crippen molar-refractivity contribution < 1.29 is 0 Å². The van der Waals surface area contributed by atoms with Crippen molar-refractivity contribution in [3.8, 4) is 0 Å². The summed E-state index contributed by atoms with van der Waals surface area (Å²) < 4.78 is 0. The molecule has 0 atom stereocenters. The Hall–Kier alpha value is -2.10. The summed E-state index contributed by atoms with van der Waals surface area (Å²) in [7, 11) is 0. The molecule has 17 heavy (non-hydrogen) atoms. The Kier molecular flexibility index (Phi) is 3.55. The average molecular weight is 229 g/mol. The van der Waals surface area contributed by atoms with E-state index in [1.165, 1.54) is 6.07 Å². The molecule has 4 nitrogen and oxygen atoms in total. The molecule has 0 radical (unpaired) electrons. The first-order chi connectivity index (χ1) is 8.28. The van der Waals surface area contributed by atoms with Crippen LogP contribution in [0.25, 0.3) is 0 Å². The molecule has 1 aromatic carbocycles. The van der Waals surface area contributed by atoms with E-state index in [0.717, 1.165) is 12.0 Å².